The van der Waals surface area contributed by atoms with Gasteiger partial charge in [-0.25, -0.2) is 0 Å². The molecule has 22 heavy (non-hydrogen) atoms. The van der Waals surface area contributed by atoms with E-state index in [1.807, 2.05) is 0 Å². The number of carboxylic acid groups (broad SMARTS) is 1. The zero-order chi connectivity index (χ0) is 15.7. The summed E-state index contributed by atoms with van der Waals surface area (Å²) < 4.78 is 10.8. The molecule has 1 saturated carbocycles. The summed E-state index contributed by atoms with van der Waals surface area (Å²) in [5.41, 5.74) is 1.23. The number of rotatable bonds is 5. The molecule has 1 N–H and O–H groups in total. The van der Waals surface area contributed by atoms with Crippen LogP contribution in [0.3, 0.4) is 0 Å². The van der Waals surface area contributed by atoms with Gasteiger partial charge in [0.1, 0.15) is 24.7 Å². The lowest BCUT2D eigenvalue weighted by Gasteiger charge is -2.24. The molecule has 0 aromatic heterocycles. The zero-order valence-corrected chi connectivity index (χ0v) is 12.2. The number of nitrogens with zero attached hydrogens (tertiary/aromatic N) is 1. The lowest BCUT2D eigenvalue weighted by Crippen LogP contribution is -2.39. The molecule has 1 fully saturated rings. The maximum absolute atomic E-state index is 12.6. The van der Waals surface area contributed by atoms with Gasteiger partial charge in [-0.15, -0.1) is 0 Å². The van der Waals surface area contributed by atoms with Crippen molar-refractivity contribution in [3.05, 3.63) is 29.3 Å². The Bertz CT molecular complexity index is 648. The fourth-order valence-corrected chi connectivity index (χ4v) is 2.49. The highest BCUT2D eigenvalue weighted by atomic mass is 16.5. The Balaban J connectivity index is 1.85. The van der Waals surface area contributed by atoms with Gasteiger partial charge >= 0.3 is 5.97 Å². The van der Waals surface area contributed by atoms with E-state index < -0.39 is 5.97 Å². The first-order valence-corrected chi connectivity index (χ1v) is 7.12. The summed E-state index contributed by atoms with van der Waals surface area (Å²) >= 11 is 0. The molecule has 6 nitrogen and oxygen atoms in total. The summed E-state index contributed by atoms with van der Waals surface area (Å²) in [4.78, 5) is 24.9. The van der Waals surface area contributed by atoms with Crippen molar-refractivity contribution in [1.29, 1.82) is 0 Å². The average Bonchev–Trinajstić information content (AvgIpc) is 3.35. The monoisotopic (exact) mass is 303 g/mol. The van der Waals surface area contributed by atoms with E-state index in [1.54, 1.807) is 31.4 Å². The molecule has 1 aromatic rings. The highest BCUT2D eigenvalue weighted by Gasteiger charge is 2.35. The minimum absolute atomic E-state index is 0.0382. The molecule has 0 radical (unpaired) electrons. The van der Waals surface area contributed by atoms with Crippen LogP contribution >= 0.6 is 0 Å². The second kappa shape index (κ2) is 5.71. The molecule has 1 amide bonds. The van der Waals surface area contributed by atoms with Crippen LogP contribution in [0, 0.1) is 0 Å². The lowest BCUT2D eigenvalue weighted by molar-refractivity contribution is -0.143. The zero-order valence-electron chi connectivity index (χ0n) is 12.2. The number of carbonyl (C=O) groups is 2. The van der Waals surface area contributed by atoms with E-state index in [9.17, 15) is 9.59 Å². The number of hydrogen-bond donors (Lipinski definition) is 1. The van der Waals surface area contributed by atoms with Crippen molar-refractivity contribution < 1.29 is 24.2 Å². The van der Waals surface area contributed by atoms with Crippen molar-refractivity contribution in [2.45, 2.75) is 18.9 Å². The summed E-state index contributed by atoms with van der Waals surface area (Å²) in [5.74, 6) is 0.100. The molecule has 1 aromatic carbocycles. The van der Waals surface area contributed by atoms with Crippen molar-refractivity contribution in [1.82, 2.24) is 4.90 Å². The third kappa shape index (κ3) is 2.90. The van der Waals surface area contributed by atoms with Gasteiger partial charge in [-0.2, -0.15) is 0 Å². The topological polar surface area (TPSA) is 76.1 Å². The highest BCUT2D eigenvalue weighted by Crippen LogP contribution is 2.32. The summed E-state index contributed by atoms with van der Waals surface area (Å²) in [6.45, 7) is -0.118. The van der Waals surface area contributed by atoms with Crippen LogP contribution in [-0.4, -0.2) is 48.2 Å². The summed E-state index contributed by atoms with van der Waals surface area (Å²) in [6.07, 6.45) is 3.47. The van der Waals surface area contributed by atoms with E-state index in [-0.39, 0.29) is 25.1 Å². The van der Waals surface area contributed by atoms with Crippen LogP contribution < -0.4 is 9.47 Å². The van der Waals surface area contributed by atoms with Crippen LogP contribution in [0.5, 0.6) is 11.5 Å². The molecule has 0 spiro atoms. The predicted molar refractivity (Wildman–Crippen MR) is 78.8 cm³/mol. The quantitative estimate of drug-likeness (QED) is 0.893. The number of methoxy groups -OCH3 is 1. The van der Waals surface area contributed by atoms with Gasteiger partial charge in [-0.3, -0.25) is 9.59 Å². The van der Waals surface area contributed by atoms with Gasteiger partial charge in [0.05, 0.1) is 12.7 Å². The molecule has 116 valence electrons. The third-order valence-corrected chi connectivity index (χ3v) is 3.76. The summed E-state index contributed by atoms with van der Waals surface area (Å²) in [7, 11) is 1.57. The molecule has 0 atom stereocenters. The molecule has 0 unspecified atom stereocenters. The first-order valence-electron chi connectivity index (χ1n) is 7.12. The molecular weight excluding hydrogens is 286 g/mol. The molecule has 1 aliphatic heterocycles. The fraction of sp³-hybridized carbons (Fsp3) is 0.375. The number of fused-ring (bicyclic) bond motifs is 1. The second-order valence-electron chi connectivity index (χ2n) is 5.42. The molecule has 3 rings (SSSR count). The number of carbonyl (C=O) groups excluding carboxylic acids is 1. The second-order valence-corrected chi connectivity index (χ2v) is 5.42. The third-order valence-electron chi connectivity index (χ3n) is 3.76. The van der Waals surface area contributed by atoms with Gasteiger partial charge in [-0.05, 0) is 37.1 Å². The van der Waals surface area contributed by atoms with Crippen molar-refractivity contribution in [2.24, 2.45) is 0 Å². The van der Waals surface area contributed by atoms with Gasteiger partial charge in [-0.1, -0.05) is 0 Å². The number of amides is 1. The molecule has 2 aliphatic rings. The fourth-order valence-electron chi connectivity index (χ4n) is 2.49. The van der Waals surface area contributed by atoms with Crippen molar-refractivity contribution in [3.63, 3.8) is 0 Å². The molecular formula is C16H17NO5. The number of hydrogen-bond acceptors (Lipinski definition) is 4. The largest absolute Gasteiger partial charge is 0.497 e. The van der Waals surface area contributed by atoms with Gasteiger partial charge in [0.2, 0.25) is 0 Å². The van der Waals surface area contributed by atoms with Crippen molar-refractivity contribution in [3.8, 4) is 11.5 Å². The summed E-state index contributed by atoms with van der Waals surface area (Å²) in [6, 6.07) is 5.42. The van der Waals surface area contributed by atoms with Crippen LogP contribution in [-0.2, 0) is 9.59 Å². The lowest BCUT2D eigenvalue weighted by atomic mass is 10.1. The molecule has 1 aliphatic carbocycles. The molecule has 0 saturated heterocycles. The van der Waals surface area contributed by atoms with E-state index in [0.29, 0.717) is 17.1 Å². The van der Waals surface area contributed by atoms with Crippen molar-refractivity contribution >= 4 is 18.0 Å². The number of ether oxygens (including phenoxy) is 2. The van der Waals surface area contributed by atoms with Gasteiger partial charge in [0, 0.05) is 11.6 Å². The maximum atomic E-state index is 12.6. The first-order chi connectivity index (χ1) is 10.6. The van der Waals surface area contributed by atoms with E-state index in [4.69, 9.17) is 14.6 Å². The van der Waals surface area contributed by atoms with E-state index in [1.165, 1.54) is 4.90 Å². The van der Waals surface area contributed by atoms with Crippen LogP contribution in [0.4, 0.5) is 0 Å². The minimum Gasteiger partial charge on any atom is -0.497 e. The van der Waals surface area contributed by atoms with E-state index in [2.05, 4.69) is 0 Å². The Morgan fingerprint density at radius 2 is 2.18 bits per heavy atom. The minimum atomic E-state index is -1.00. The Kier molecular flexibility index (Phi) is 3.75. The SMILES string of the molecule is COc1ccc2c(c1)C=C(C(=O)N(CC(=O)O)C1CC1)CO2. The highest BCUT2D eigenvalue weighted by molar-refractivity contribution is 6.00. The average molecular weight is 303 g/mol. The van der Waals surface area contributed by atoms with Crippen LogP contribution in [0.25, 0.3) is 6.08 Å². The molecule has 6 heteroatoms. The van der Waals surface area contributed by atoms with E-state index in [0.717, 1.165) is 18.4 Å². The Labute approximate surface area is 127 Å². The van der Waals surface area contributed by atoms with Gasteiger partial charge in [0.25, 0.3) is 5.91 Å². The molecule has 1 heterocycles. The Hall–Kier alpha value is -2.50. The number of benzene rings is 1. The Morgan fingerprint density at radius 3 is 2.82 bits per heavy atom. The molecule has 0 bridgehead atoms. The van der Waals surface area contributed by atoms with Crippen LogP contribution in [0.2, 0.25) is 0 Å². The van der Waals surface area contributed by atoms with Crippen LogP contribution in [0.15, 0.2) is 23.8 Å². The first kappa shape index (κ1) is 14.4. The maximum Gasteiger partial charge on any atom is 0.323 e. The van der Waals surface area contributed by atoms with E-state index >= 15 is 0 Å². The Morgan fingerprint density at radius 1 is 1.41 bits per heavy atom. The normalized spacial score (nSPS) is 16.1. The number of carboxylic acids is 1. The van der Waals surface area contributed by atoms with Gasteiger partial charge in [0.15, 0.2) is 0 Å². The number of aliphatic carboxylic acids is 1. The van der Waals surface area contributed by atoms with Crippen molar-refractivity contribution in [2.75, 3.05) is 20.3 Å². The van der Waals surface area contributed by atoms with Gasteiger partial charge < -0.3 is 19.5 Å². The standard InChI is InChI=1S/C16H17NO5/c1-21-13-4-5-14-10(7-13)6-11(9-22-14)16(20)17(8-15(18)19)12-2-3-12/h4-7,12H,2-3,8-9H2,1H3,(H,18,19). The van der Waals surface area contributed by atoms with Crippen LogP contribution in [0.1, 0.15) is 18.4 Å². The summed E-state index contributed by atoms with van der Waals surface area (Å²) in [5, 5.41) is 8.97. The predicted octanol–water partition coefficient (Wildman–Crippen LogP) is 1.55. The smallest absolute Gasteiger partial charge is 0.323 e.